The standard InChI is InChI=1S/C27H27N3O2/c31-27(28-20-24-10-4-5-11-25(24)21-30-15-17-32-18-16-30)29-26-12-6-9-23(19-26)14-13-22-7-2-1-3-8-22/h1-12,19H,15-18,20-21H2,(H2,28,29,31). The van der Waals surface area contributed by atoms with E-state index in [-0.39, 0.29) is 6.03 Å². The Morgan fingerprint density at radius 1 is 0.844 bits per heavy atom. The van der Waals surface area contributed by atoms with Crippen LogP contribution in [0.3, 0.4) is 0 Å². The van der Waals surface area contributed by atoms with Gasteiger partial charge in [0.15, 0.2) is 0 Å². The first-order valence-electron chi connectivity index (χ1n) is 10.9. The Morgan fingerprint density at radius 3 is 2.34 bits per heavy atom. The summed E-state index contributed by atoms with van der Waals surface area (Å²) in [7, 11) is 0. The molecule has 0 unspecified atom stereocenters. The Bertz CT molecular complexity index is 1100. The van der Waals surface area contributed by atoms with Gasteiger partial charge in [0.1, 0.15) is 0 Å². The van der Waals surface area contributed by atoms with Crippen LogP contribution in [0.1, 0.15) is 22.3 Å². The number of morpholine rings is 1. The molecule has 1 fully saturated rings. The summed E-state index contributed by atoms with van der Waals surface area (Å²) in [5.74, 6) is 6.28. The zero-order chi connectivity index (χ0) is 22.0. The lowest BCUT2D eigenvalue weighted by molar-refractivity contribution is 0.0341. The number of urea groups is 1. The van der Waals surface area contributed by atoms with Crippen LogP contribution in [0.25, 0.3) is 0 Å². The van der Waals surface area contributed by atoms with Crippen LogP contribution in [-0.2, 0) is 17.8 Å². The normalized spacial score (nSPS) is 13.6. The molecule has 32 heavy (non-hydrogen) atoms. The largest absolute Gasteiger partial charge is 0.379 e. The molecule has 0 bridgehead atoms. The van der Waals surface area contributed by atoms with Crippen molar-refractivity contribution >= 4 is 11.7 Å². The zero-order valence-corrected chi connectivity index (χ0v) is 18.0. The highest BCUT2D eigenvalue weighted by Crippen LogP contribution is 2.14. The van der Waals surface area contributed by atoms with E-state index in [0.29, 0.717) is 12.2 Å². The Morgan fingerprint density at radius 2 is 1.53 bits per heavy atom. The first-order chi connectivity index (χ1) is 15.8. The number of hydrogen-bond acceptors (Lipinski definition) is 3. The van der Waals surface area contributed by atoms with Crippen molar-refractivity contribution in [2.24, 2.45) is 0 Å². The average Bonchev–Trinajstić information content (AvgIpc) is 2.84. The van der Waals surface area contributed by atoms with Crippen molar-refractivity contribution in [2.75, 3.05) is 31.6 Å². The fourth-order valence-electron chi connectivity index (χ4n) is 3.58. The fraction of sp³-hybridized carbons (Fsp3) is 0.222. The summed E-state index contributed by atoms with van der Waals surface area (Å²) in [6.45, 7) is 4.76. The summed E-state index contributed by atoms with van der Waals surface area (Å²) in [6, 6.07) is 25.4. The lowest BCUT2D eigenvalue weighted by Crippen LogP contribution is -2.36. The molecule has 0 saturated carbocycles. The molecule has 1 saturated heterocycles. The van der Waals surface area contributed by atoms with Gasteiger partial charge < -0.3 is 15.4 Å². The average molecular weight is 426 g/mol. The summed E-state index contributed by atoms with van der Waals surface area (Å²) in [5.41, 5.74) is 4.87. The van der Waals surface area contributed by atoms with Crippen molar-refractivity contribution in [1.82, 2.24) is 10.2 Å². The predicted molar refractivity (Wildman–Crippen MR) is 127 cm³/mol. The van der Waals surface area contributed by atoms with E-state index in [2.05, 4.69) is 39.5 Å². The van der Waals surface area contributed by atoms with Gasteiger partial charge >= 0.3 is 6.03 Å². The van der Waals surface area contributed by atoms with E-state index in [1.807, 2.05) is 66.7 Å². The summed E-state index contributed by atoms with van der Waals surface area (Å²) in [4.78, 5) is 14.9. The third-order valence-corrected chi connectivity index (χ3v) is 5.30. The van der Waals surface area contributed by atoms with Gasteiger partial charge in [0.25, 0.3) is 0 Å². The van der Waals surface area contributed by atoms with E-state index < -0.39 is 0 Å². The molecule has 5 nitrogen and oxygen atoms in total. The number of carbonyl (C=O) groups is 1. The summed E-state index contributed by atoms with van der Waals surface area (Å²) in [5, 5.41) is 5.88. The van der Waals surface area contributed by atoms with Gasteiger partial charge in [0.05, 0.1) is 13.2 Å². The fourth-order valence-corrected chi connectivity index (χ4v) is 3.58. The van der Waals surface area contributed by atoms with E-state index in [1.54, 1.807) is 0 Å². The van der Waals surface area contributed by atoms with Crippen LogP contribution in [0.4, 0.5) is 10.5 Å². The molecule has 2 amide bonds. The molecule has 0 atom stereocenters. The molecule has 0 radical (unpaired) electrons. The quantitative estimate of drug-likeness (QED) is 0.601. The van der Waals surface area contributed by atoms with Crippen LogP contribution in [-0.4, -0.2) is 37.2 Å². The topological polar surface area (TPSA) is 53.6 Å². The maximum Gasteiger partial charge on any atom is 0.319 e. The van der Waals surface area contributed by atoms with E-state index in [1.165, 1.54) is 5.56 Å². The van der Waals surface area contributed by atoms with Crippen LogP contribution in [0, 0.1) is 11.8 Å². The lowest BCUT2D eigenvalue weighted by atomic mass is 10.1. The van der Waals surface area contributed by atoms with Gasteiger partial charge in [-0.25, -0.2) is 4.79 Å². The van der Waals surface area contributed by atoms with Crippen LogP contribution >= 0.6 is 0 Å². The van der Waals surface area contributed by atoms with Gasteiger partial charge in [0.2, 0.25) is 0 Å². The SMILES string of the molecule is O=C(NCc1ccccc1CN1CCOCC1)Nc1cccc(C#Cc2ccccc2)c1. The van der Waals surface area contributed by atoms with Gasteiger partial charge in [-0.2, -0.15) is 0 Å². The van der Waals surface area contributed by atoms with Crippen LogP contribution in [0.5, 0.6) is 0 Å². The van der Waals surface area contributed by atoms with Gasteiger partial charge in [-0.1, -0.05) is 60.4 Å². The van der Waals surface area contributed by atoms with Crippen molar-refractivity contribution in [1.29, 1.82) is 0 Å². The van der Waals surface area contributed by atoms with Gasteiger partial charge in [-0.05, 0) is 41.5 Å². The minimum Gasteiger partial charge on any atom is -0.379 e. The summed E-state index contributed by atoms with van der Waals surface area (Å²) in [6.07, 6.45) is 0. The highest BCUT2D eigenvalue weighted by Gasteiger charge is 2.13. The number of benzene rings is 3. The Balaban J connectivity index is 1.33. The Hall–Kier alpha value is -3.59. The second-order valence-corrected chi connectivity index (χ2v) is 7.66. The molecule has 2 N–H and O–H groups in total. The number of nitrogens with one attached hydrogen (secondary N) is 2. The second-order valence-electron chi connectivity index (χ2n) is 7.66. The maximum atomic E-state index is 12.5. The minimum absolute atomic E-state index is 0.237. The number of rotatable bonds is 5. The minimum atomic E-state index is -0.237. The molecule has 1 aliphatic heterocycles. The molecule has 3 aromatic rings. The number of anilines is 1. The first-order valence-corrected chi connectivity index (χ1v) is 10.9. The van der Waals surface area contributed by atoms with Gasteiger partial charge in [-0.3, -0.25) is 4.90 Å². The summed E-state index contributed by atoms with van der Waals surface area (Å²) < 4.78 is 5.43. The lowest BCUT2D eigenvalue weighted by Gasteiger charge is -2.27. The number of carbonyl (C=O) groups excluding carboxylic acids is 1. The molecule has 0 spiro atoms. The Kier molecular flexibility index (Phi) is 7.54. The molecule has 1 heterocycles. The zero-order valence-electron chi connectivity index (χ0n) is 18.0. The second kappa shape index (κ2) is 11.1. The number of amides is 2. The van der Waals surface area contributed by atoms with E-state index in [0.717, 1.165) is 49.5 Å². The molecular weight excluding hydrogens is 398 g/mol. The van der Waals surface area contributed by atoms with Crippen LogP contribution in [0.15, 0.2) is 78.9 Å². The highest BCUT2D eigenvalue weighted by atomic mass is 16.5. The number of hydrogen-bond donors (Lipinski definition) is 2. The number of ether oxygens (including phenoxy) is 1. The Labute approximate surface area is 189 Å². The van der Waals surface area contributed by atoms with Crippen LogP contribution in [0.2, 0.25) is 0 Å². The smallest absolute Gasteiger partial charge is 0.319 e. The highest BCUT2D eigenvalue weighted by molar-refractivity contribution is 5.89. The van der Waals surface area contributed by atoms with E-state index in [9.17, 15) is 4.79 Å². The third-order valence-electron chi connectivity index (χ3n) is 5.30. The maximum absolute atomic E-state index is 12.5. The van der Waals surface area contributed by atoms with Crippen LogP contribution < -0.4 is 10.6 Å². The molecule has 1 aliphatic rings. The molecule has 162 valence electrons. The number of nitrogens with zero attached hydrogens (tertiary/aromatic N) is 1. The molecule has 4 rings (SSSR count). The van der Waals surface area contributed by atoms with E-state index >= 15 is 0 Å². The summed E-state index contributed by atoms with van der Waals surface area (Å²) >= 11 is 0. The van der Waals surface area contributed by atoms with Gasteiger partial charge in [0, 0.05) is 43.0 Å². The van der Waals surface area contributed by atoms with E-state index in [4.69, 9.17) is 4.74 Å². The molecule has 5 heteroatoms. The molecule has 0 aromatic heterocycles. The van der Waals surface area contributed by atoms with Gasteiger partial charge in [-0.15, -0.1) is 0 Å². The van der Waals surface area contributed by atoms with Crippen molar-refractivity contribution in [2.45, 2.75) is 13.1 Å². The van der Waals surface area contributed by atoms with Crippen molar-refractivity contribution in [3.63, 3.8) is 0 Å². The molecular formula is C27H27N3O2. The molecule has 0 aliphatic carbocycles. The predicted octanol–water partition coefficient (Wildman–Crippen LogP) is 4.24. The third kappa shape index (κ3) is 6.45. The van der Waals surface area contributed by atoms with Crippen molar-refractivity contribution in [3.05, 3.63) is 101 Å². The van der Waals surface area contributed by atoms with Crippen molar-refractivity contribution < 1.29 is 9.53 Å². The molecule has 3 aromatic carbocycles. The first kappa shape index (κ1) is 21.6. The van der Waals surface area contributed by atoms with Crippen molar-refractivity contribution in [3.8, 4) is 11.8 Å². The monoisotopic (exact) mass is 425 g/mol.